The highest BCUT2D eigenvalue weighted by Crippen LogP contribution is 2.18. The SMILES string of the molecule is O=S1(=O)CCC(N2CCCCNCC2)C1. The first-order chi connectivity index (χ1) is 7.17. The van der Waals surface area contributed by atoms with Gasteiger partial charge in [-0.3, -0.25) is 4.90 Å². The summed E-state index contributed by atoms with van der Waals surface area (Å²) in [5, 5.41) is 3.37. The van der Waals surface area contributed by atoms with Gasteiger partial charge in [-0.1, -0.05) is 0 Å². The fraction of sp³-hybridized carbons (Fsp3) is 1.00. The lowest BCUT2D eigenvalue weighted by atomic mass is 10.2. The van der Waals surface area contributed by atoms with Crippen molar-refractivity contribution in [1.29, 1.82) is 0 Å². The molecule has 1 N–H and O–H groups in total. The molecule has 4 nitrogen and oxygen atoms in total. The number of sulfone groups is 1. The van der Waals surface area contributed by atoms with Gasteiger partial charge in [-0.15, -0.1) is 0 Å². The van der Waals surface area contributed by atoms with Gasteiger partial charge in [0.05, 0.1) is 11.5 Å². The Morgan fingerprint density at radius 2 is 2.00 bits per heavy atom. The molecule has 0 amide bonds. The second-order valence-electron chi connectivity index (χ2n) is 4.55. The van der Waals surface area contributed by atoms with Crippen LogP contribution in [0.3, 0.4) is 0 Å². The van der Waals surface area contributed by atoms with Crippen molar-refractivity contribution in [2.75, 3.05) is 37.7 Å². The molecule has 0 aromatic heterocycles. The number of hydrogen-bond donors (Lipinski definition) is 1. The second-order valence-corrected chi connectivity index (χ2v) is 6.78. The molecule has 0 aromatic carbocycles. The van der Waals surface area contributed by atoms with Crippen molar-refractivity contribution in [3.8, 4) is 0 Å². The fourth-order valence-electron chi connectivity index (χ4n) is 2.45. The van der Waals surface area contributed by atoms with Crippen LogP contribution >= 0.6 is 0 Å². The minimum atomic E-state index is -2.73. The minimum Gasteiger partial charge on any atom is -0.315 e. The molecule has 2 saturated heterocycles. The summed E-state index contributed by atoms with van der Waals surface area (Å²) < 4.78 is 22.8. The molecule has 2 heterocycles. The van der Waals surface area contributed by atoms with E-state index in [0.717, 1.165) is 32.6 Å². The Hall–Kier alpha value is -0.130. The third kappa shape index (κ3) is 3.16. The van der Waals surface area contributed by atoms with E-state index >= 15 is 0 Å². The first-order valence-corrected chi connectivity index (χ1v) is 7.65. The molecule has 0 bridgehead atoms. The third-order valence-corrected chi connectivity index (χ3v) is 5.10. The van der Waals surface area contributed by atoms with Crippen LogP contribution in [0.5, 0.6) is 0 Å². The van der Waals surface area contributed by atoms with E-state index in [-0.39, 0.29) is 6.04 Å². The molecule has 1 unspecified atom stereocenters. The van der Waals surface area contributed by atoms with Gasteiger partial charge in [0.15, 0.2) is 9.84 Å². The van der Waals surface area contributed by atoms with E-state index in [0.29, 0.717) is 11.5 Å². The molecule has 2 fully saturated rings. The maximum Gasteiger partial charge on any atom is 0.151 e. The van der Waals surface area contributed by atoms with Crippen LogP contribution in [0.25, 0.3) is 0 Å². The molecule has 0 aliphatic carbocycles. The highest BCUT2D eigenvalue weighted by molar-refractivity contribution is 7.91. The molecule has 2 rings (SSSR count). The molecular formula is C10H20N2O2S. The highest BCUT2D eigenvalue weighted by atomic mass is 32.2. The smallest absolute Gasteiger partial charge is 0.151 e. The van der Waals surface area contributed by atoms with Crippen LogP contribution in [-0.4, -0.2) is 57.0 Å². The zero-order valence-corrected chi connectivity index (χ0v) is 9.93. The summed E-state index contributed by atoms with van der Waals surface area (Å²) in [5.74, 6) is 0.772. The number of hydrogen-bond acceptors (Lipinski definition) is 4. The second kappa shape index (κ2) is 4.80. The van der Waals surface area contributed by atoms with Gasteiger partial charge in [0.25, 0.3) is 0 Å². The van der Waals surface area contributed by atoms with Gasteiger partial charge >= 0.3 is 0 Å². The summed E-state index contributed by atoms with van der Waals surface area (Å²) in [6, 6.07) is 0.287. The first kappa shape index (κ1) is 11.4. The van der Waals surface area contributed by atoms with Crippen LogP contribution in [-0.2, 0) is 9.84 Å². The van der Waals surface area contributed by atoms with E-state index < -0.39 is 9.84 Å². The predicted octanol–water partition coefficient (Wildman–Crippen LogP) is -0.141. The van der Waals surface area contributed by atoms with Crippen molar-refractivity contribution in [2.24, 2.45) is 0 Å². The summed E-state index contributed by atoms with van der Waals surface area (Å²) >= 11 is 0. The molecular weight excluding hydrogens is 212 g/mol. The predicted molar refractivity (Wildman–Crippen MR) is 60.7 cm³/mol. The Balaban J connectivity index is 1.91. The van der Waals surface area contributed by atoms with Crippen LogP contribution in [0.1, 0.15) is 19.3 Å². The molecule has 15 heavy (non-hydrogen) atoms. The Morgan fingerprint density at radius 1 is 1.13 bits per heavy atom. The van der Waals surface area contributed by atoms with Gasteiger partial charge in [0, 0.05) is 19.1 Å². The van der Waals surface area contributed by atoms with Crippen molar-refractivity contribution >= 4 is 9.84 Å². The number of rotatable bonds is 1. The monoisotopic (exact) mass is 232 g/mol. The van der Waals surface area contributed by atoms with Crippen LogP contribution in [0, 0.1) is 0 Å². The summed E-state index contributed by atoms with van der Waals surface area (Å²) in [7, 11) is -2.73. The van der Waals surface area contributed by atoms with E-state index in [4.69, 9.17) is 0 Å². The molecule has 0 spiro atoms. The van der Waals surface area contributed by atoms with Crippen molar-refractivity contribution in [2.45, 2.75) is 25.3 Å². The standard InChI is InChI=1S/C10H20N2O2S/c13-15(14)8-3-10(9-15)12-6-2-1-4-11-5-7-12/h10-11H,1-9H2. The zero-order valence-electron chi connectivity index (χ0n) is 9.11. The number of nitrogens with zero attached hydrogens (tertiary/aromatic N) is 1. The summed E-state index contributed by atoms with van der Waals surface area (Å²) in [6.45, 7) is 4.18. The Kier molecular flexibility index (Phi) is 3.64. The van der Waals surface area contributed by atoms with Crippen LogP contribution in [0.4, 0.5) is 0 Å². The van der Waals surface area contributed by atoms with Crippen LogP contribution in [0.2, 0.25) is 0 Å². The third-order valence-electron chi connectivity index (χ3n) is 3.35. The lowest BCUT2D eigenvalue weighted by Crippen LogP contribution is -2.43. The van der Waals surface area contributed by atoms with Gasteiger partial charge in [-0.25, -0.2) is 8.42 Å². The summed E-state index contributed by atoms with van der Waals surface area (Å²) in [4.78, 5) is 2.36. The van der Waals surface area contributed by atoms with Gasteiger partial charge in [-0.05, 0) is 32.4 Å². The number of nitrogens with one attached hydrogen (secondary N) is 1. The lowest BCUT2D eigenvalue weighted by Gasteiger charge is -2.29. The van der Waals surface area contributed by atoms with E-state index in [1.807, 2.05) is 0 Å². The molecule has 88 valence electrons. The average molecular weight is 232 g/mol. The highest BCUT2D eigenvalue weighted by Gasteiger charge is 2.31. The molecule has 0 radical (unpaired) electrons. The van der Waals surface area contributed by atoms with Crippen molar-refractivity contribution < 1.29 is 8.42 Å². The molecule has 5 heteroatoms. The molecule has 1 atom stereocenters. The van der Waals surface area contributed by atoms with Crippen LogP contribution < -0.4 is 5.32 Å². The van der Waals surface area contributed by atoms with Crippen LogP contribution in [0.15, 0.2) is 0 Å². The van der Waals surface area contributed by atoms with E-state index in [1.54, 1.807) is 0 Å². The summed E-state index contributed by atoms with van der Waals surface area (Å²) in [6.07, 6.45) is 3.22. The largest absolute Gasteiger partial charge is 0.315 e. The topological polar surface area (TPSA) is 49.4 Å². The van der Waals surface area contributed by atoms with Crippen molar-refractivity contribution in [3.63, 3.8) is 0 Å². The Labute approximate surface area is 91.9 Å². The fourth-order valence-corrected chi connectivity index (χ4v) is 4.21. The van der Waals surface area contributed by atoms with Gasteiger partial charge < -0.3 is 5.32 Å². The first-order valence-electron chi connectivity index (χ1n) is 5.82. The average Bonchev–Trinajstić information content (AvgIpc) is 2.45. The van der Waals surface area contributed by atoms with Gasteiger partial charge in [0.2, 0.25) is 0 Å². The molecule has 2 aliphatic rings. The van der Waals surface area contributed by atoms with Crippen molar-refractivity contribution in [3.05, 3.63) is 0 Å². The maximum absolute atomic E-state index is 11.4. The molecule has 0 aromatic rings. The minimum absolute atomic E-state index is 0.287. The Morgan fingerprint density at radius 3 is 2.73 bits per heavy atom. The van der Waals surface area contributed by atoms with Gasteiger partial charge in [-0.2, -0.15) is 0 Å². The Bertz CT molecular complexity index is 295. The zero-order chi connectivity index (χ0) is 10.7. The molecule has 2 aliphatic heterocycles. The lowest BCUT2D eigenvalue weighted by molar-refractivity contribution is 0.199. The normalized spacial score (nSPS) is 33.5. The van der Waals surface area contributed by atoms with Crippen molar-refractivity contribution in [1.82, 2.24) is 10.2 Å². The molecule has 0 saturated carbocycles. The maximum atomic E-state index is 11.4. The summed E-state index contributed by atoms with van der Waals surface area (Å²) in [5.41, 5.74) is 0. The van der Waals surface area contributed by atoms with E-state index in [9.17, 15) is 8.42 Å². The van der Waals surface area contributed by atoms with E-state index in [2.05, 4.69) is 10.2 Å². The van der Waals surface area contributed by atoms with E-state index in [1.165, 1.54) is 12.8 Å². The quantitative estimate of drug-likeness (QED) is 0.683. The van der Waals surface area contributed by atoms with Gasteiger partial charge in [0.1, 0.15) is 0 Å².